The summed E-state index contributed by atoms with van der Waals surface area (Å²) >= 11 is 0. The fourth-order valence-corrected chi connectivity index (χ4v) is 2.71. The zero-order valence-electron chi connectivity index (χ0n) is 16.0. The van der Waals surface area contributed by atoms with Gasteiger partial charge < -0.3 is 14.8 Å². The van der Waals surface area contributed by atoms with E-state index in [4.69, 9.17) is 9.47 Å². The summed E-state index contributed by atoms with van der Waals surface area (Å²) in [5.41, 5.74) is 3.76. The number of methoxy groups -OCH3 is 1. The lowest BCUT2D eigenvalue weighted by atomic mass is 10.0. The van der Waals surface area contributed by atoms with Crippen LogP contribution in [0.2, 0.25) is 0 Å². The van der Waals surface area contributed by atoms with Gasteiger partial charge in [0.1, 0.15) is 5.75 Å². The Bertz CT molecular complexity index is 909. The molecular formula is C22H23N3O3. The Labute approximate surface area is 164 Å². The highest BCUT2D eigenvalue weighted by atomic mass is 16.5. The Morgan fingerprint density at radius 1 is 1.04 bits per heavy atom. The van der Waals surface area contributed by atoms with Gasteiger partial charge in [0.05, 0.1) is 0 Å². The molecule has 0 saturated carbocycles. The number of nitrogens with zero attached hydrogens (tertiary/aromatic N) is 2. The number of ether oxygens (including phenoxy) is 2. The zero-order chi connectivity index (χ0) is 19.8. The number of aromatic nitrogens is 2. The van der Waals surface area contributed by atoms with Gasteiger partial charge in [-0.15, -0.1) is 0 Å². The second-order valence-corrected chi connectivity index (χ2v) is 6.30. The van der Waals surface area contributed by atoms with Gasteiger partial charge in [-0.3, -0.25) is 4.79 Å². The lowest BCUT2D eigenvalue weighted by Crippen LogP contribution is -2.25. The van der Waals surface area contributed by atoms with Gasteiger partial charge in [0, 0.05) is 43.8 Å². The molecule has 28 heavy (non-hydrogen) atoms. The van der Waals surface area contributed by atoms with E-state index in [9.17, 15) is 4.79 Å². The molecule has 1 aromatic heterocycles. The molecule has 1 heterocycles. The molecule has 1 N–H and O–H groups in total. The summed E-state index contributed by atoms with van der Waals surface area (Å²) in [5, 5.41) is 2.84. The van der Waals surface area contributed by atoms with Crippen LogP contribution in [0.4, 0.5) is 0 Å². The number of hydrogen-bond donors (Lipinski definition) is 1. The Hall–Kier alpha value is -3.25. The summed E-state index contributed by atoms with van der Waals surface area (Å²) in [4.78, 5) is 20.6. The van der Waals surface area contributed by atoms with Crippen molar-refractivity contribution in [1.29, 1.82) is 0 Å². The maximum atomic E-state index is 12.1. The van der Waals surface area contributed by atoms with Crippen LogP contribution in [-0.2, 0) is 4.74 Å². The van der Waals surface area contributed by atoms with E-state index in [0.717, 1.165) is 23.1 Å². The number of rotatable bonds is 8. The van der Waals surface area contributed by atoms with Gasteiger partial charge in [-0.1, -0.05) is 24.3 Å². The highest BCUT2D eigenvalue weighted by Gasteiger charge is 2.07. The third-order valence-corrected chi connectivity index (χ3v) is 4.22. The normalized spacial score (nSPS) is 10.5. The quantitative estimate of drug-likeness (QED) is 0.601. The molecule has 6 nitrogen and oxygen atoms in total. The van der Waals surface area contributed by atoms with Crippen molar-refractivity contribution in [3.63, 3.8) is 0 Å². The number of carbonyl (C=O) groups is 1. The topological polar surface area (TPSA) is 73.3 Å². The van der Waals surface area contributed by atoms with Crippen molar-refractivity contribution in [2.24, 2.45) is 0 Å². The van der Waals surface area contributed by atoms with Crippen molar-refractivity contribution < 1.29 is 14.3 Å². The molecule has 1 amide bonds. The molecule has 0 bridgehead atoms. The van der Waals surface area contributed by atoms with Crippen molar-refractivity contribution in [3.8, 4) is 22.9 Å². The third-order valence-electron chi connectivity index (χ3n) is 4.22. The molecule has 0 radical (unpaired) electrons. The van der Waals surface area contributed by atoms with Crippen LogP contribution in [0.5, 0.6) is 11.8 Å². The smallest absolute Gasteiger partial charge is 0.321 e. The standard InChI is InChI=1S/C22H23N3O3/c1-16-6-3-4-7-20(16)18-14-24-22(25-15-18)28-19-10-8-17(9-11-19)21(26)23-12-5-13-27-2/h3-4,6-11,14-15H,5,12-13H2,1-2H3,(H,23,26). The zero-order valence-corrected chi connectivity index (χ0v) is 16.0. The van der Waals surface area contributed by atoms with Crippen LogP contribution in [0.25, 0.3) is 11.1 Å². The number of benzene rings is 2. The second kappa shape index (κ2) is 9.62. The van der Waals surface area contributed by atoms with Gasteiger partial charge in [0.15, 0.2) is 0 Å². The van der Waals surface area contributed by atoms with Crippen molar-refractivity contribution in [1.82, 2.24) is 15.3 Å². The van der Waals surface area contributed by atoms with Gasteiger partial charge >= 0.3 is 6.01 Å². The van der Waals surface area contributed by atoms with Crippen molar-refractivity contribution >= 4 is 5.91 Å². The molecule has 0 fully saturated rings. The molecule has 144 valence electrons. The molecule has 0 aliphatic carbocycles. The summed E-state index contributed by atoms with van der Waals surface area (Å²) in [6.45, 7) is 3.25. The predicted octanol–water partition coefficient (Wildman–Crippen LogP) is 4.01. The average Bonchev–Trinajstić information content (AvgIpc) is 2.73. The number of hydrogen-bond acceptors (Lipinski definition) is 5. The van der Waals surface area contributed by atoms with Gasteiger partial charge in [-0.25, -0.2) is 9.97 Å². The maximum absolute atomic E-state index is 12.1. The van der Waals surface area contributed by atoms with E-state index in [-0.39, 0.29) is 11.9 Å². The molecule has 0 aliphatic rings. The summed E-state index contributed by atoms with van der Waals surface area (Å²) < 4.78 is 10.6. The van der Waals surface area contributed by atoms with Gasteiger partial charge in [0.25, 0.3) is 5.91 Å². The van der Waals surface area contributed by atoms with Gasteiger partial charge in [-0.05, 0) is 48.7 Å². The van der Waals surface area contributed by atoms with Gasteiger partial charge in [-0.2, -0.15) is 0 Å². The lowest BCUT2D eigenvalue weighted by Gasteiger charge is -2.08. The van der Waals surface area contributed by atoms with Crippen LogP contribution >= 0.6 is 0 Å². The Morgan fingerprint density at radius 3 is 2.43 bits per heavy atom. The van der Waals surface area contributed by atoms with Crippen LogP contribution in [-0.4, -0.2) is 36.1 Å². The van der Waals surface area contributed by atoms with Crippen molar-refractivity contribution in [3.05, 3.63) is 72.1 Å². The first-order valence-corrected chi connectivity index (χ1v) is 9.10. The summed E-state index contributed by atoms with van der Waals surface area (Å²) in [7, 11) is 1.64. The van der Waals surface area contributed by atoms with Crippen molar-refractivity contribution in [2.45, 2.75) is 13.3 Å². The highest BCUT2D eigenvalue weighted by Crippen LogP contribution is 2.24. The summed E-state index contributed by atoms with van der Waals surface area (Å²) in [6.07, 6.45) is 4.26. The lowest BCUT2D eigenvalue weighted by molar-refractivity contribution is 0.0948. The first-order chi connectivity index (χ1) is 13.7. The van der Waals surface area contributed by atoms with Crippen LogP contribution in [0.1, 0.15) is 22.3 Å². The van der Waals surface area contributed by atoms with Crippen LogP contribution in [0.15, 0.2) is 60.9 Å². The first-order valence-electron chi connectivity index (χ1n) is 9.10. The second-order valence-electron chi connectivity index (χ2n) is 6.30. The average molecular weight is 377 g/mol. The van der Waals surface area contributed by atoms with E-state index in [0.29, 0.717) is 24.5 Å². The minimum absolute atomic E-state index is 0.124. The monoisotopic (exact) mass is 377 g/mol. The van der Waals surface area contributed by atoms with E-state index >= 15 is 0 Å². The van der Waals surface area contributed by atoms with Crippen molar-refractivity contribution in [2.75, 3.05) is 20.3 Å². The number of amides is 1. The molecule has 0 aliphatic heterocycles. The van der Waals surface area contributed by atoms with E-state index in [1.165, 1.54) is 0 Å². The Balaban J connectivity index is 1.60. The predicted molar refractivity (Wildman–Crippen MR) is 108 cm³/mol. The van der Waals surface area contributed by atoms with E-state index < -0.39 is 0 Å². The first kappa shape index (κ1) is 19.5. The fraction of sp³-hybridized carbons (Fsp3) is 0.227. The molecular weight excluding hydrogens is 354 g/mol. The van der Waals surface area contributed by atoms with Crippen LogP contribution < -0.4 is 10.1 Å². The largest absolute Gasteiger partial charge is 0.424 e. The number of nitrogens with one attached hydrogen (secondary N) is 1. The molecule has 0 unspecified atom stereocenters. The van der Waals surface area contributed by atoms with Crippen LogP contribution in [0, 0.1) is 6.92 Å². The van der Waals surface area contributed by atoms with E-state index in [1.54, 1.807) is 43.8 Å². The third kappa shape index (κ3) is 5.14. The Morgan fingerprint density at radius 2 is 1.75 bits per heavy atom. The molecule has 6 heteroatoms. The number of carbonyl (C=O) groups excluding carboxylic acids is 1. The van der Waals surface area contributed by atoms with E-state index in [2.05, 4.69) is 28.3 Å². The molecule has 0 atom stereocenters. The molecule has 3 rings (SSSR count). The molecule has 2 aromatic carbocycles. The Kier molecular flexibility index (Phi) is 6.70. The van der Waals surface area contributed by atoms with Gasteiger partial charge in [0.2, 0.25) is 0 Å². The molecule has 3 aromatic rings. The minimum atomic E-state index is -0.124. The number of aryl methyl sites for hydroxylation is 1. The minimum Gasteiger partial charge on any atom is -0.424 e. The fourth-order valence-electron chi connectivity index (χ4n) is 2.71. The summed E-state index contributed by atoms with van der Waals surface area (Å²) in [6, 6.07) is 15.2. The highest BCUT2D eigenvalue weighted by molar-refractivity contribution is 5.94. The van der Waals surface area contributed by atoms with E-state index in [1.807, 2.05) is 18.2 Å². The molecule has 0 spiro atoms. The summed E-state index contributed by atoms with van der Waals surface area (Å²) in [5.74, 6) is 0.445. The van der Waals surface area contributed by atoms with Crippen LogP contribution in [0.3, 0.4) is 0 Å². The molecule has 0 saturated heterocycles. The maximum Gasteiger partial charge on any atom is 0.321 e. The SMILES string of the molecule is COCCCNC(=O)c1ccc(Oc2ncc(-c3ccccc3C)cn2)cc1.